The van der Waals surface area contributed by atoms with Crippen molar-refractivity contribution in [1.82, 2.24) is 0 Å². The lowest BCUT2D eigenvalue weighted by Gasteiger charge is -2.37. The van der Waals surface area contributed by atoms with Crippen LogP contribution in [0.3, 0.4) is 0 Å². The molecule has 66 valence electrons. The molecule has 2 heteroatoms. The third-order valence-corrected chi connectivity index (χ3v) is 2.63. The molecule has 1 rings (SSSR count). The van der Waals surface area contributed by atoms with Gasteiger partial charge in [-0.3, -0.25) is 0 Å². The second kappa shape index (κ2) is 3.73. The molecule has 0 saturated carbocycles. The molecule has 0 atom stereocenters. The lowest BCUT2D eigenvalue weighted by molar-refractivity contribution is -0.909. The van der Waals surface area contributed by atoms with Crippen LogP contribution in [-0.4, -0.2) is 31.2 Å². The van der Waals surface area contributed by atoms with Crippen molar-refractivity contribution in [3.05, 3.63) is 12.2 Å². The van der Waals surface area contributed by atoms with Crippen LogP contribution in [0.15, 0.2) is 12.2 Å². The molecule has 12 heavy (non-hydrogen) atoms. The van der Waals surface area contributed by atoms with E-state index in [1.165, 1.54) is 32.4 Å². The fourth-order valence-electron chi connectivity index (χ4n) is 1.93. The van der Waals surface area contributed by atoms with Crippen LogP contribution in [0.2, 0.25) is 0 Å². The summed E-state index contributed by atoms with van der Waals surface area (Å²) in [6.07, 6.45) is 3.96. The van der Waals surface area contributed by atoms with E-state index < -0.39 is 0 Å². The van der Waals surface area contributed by atoms with Crippen LogP contribution in [0.5, 0.6) is 0 Å². The fraction of sp³-hybridized carbons (Fsp3) is 0.700. The first kappa shape index (κ1) is 9.28. The first-order chi connectivity index (χ1) is 5.66. The predicted molar refractivity (Wildman–Crippen MR) is 49.4 cm³/mol. The van der Waals surface area contributed by atoms with E-state index in [4.69, 9.17) is 5.26 Å². The van der Waals surface area contributed by atoms with Gasteiger partial charge in [0.25, 0.3) is 0 Å². The highest BCUT2D eigenvalue weighted by molar-refractivity contribution is 5.15. The van der Waals surface area contributed by atoms with Gasteiger partial charge in [-0.2, -0.15) is 5.26 Å². The Kier molecular flexibility index (Phi) is 2.88. The molecule has 1 aliphatic heterocycles. The monoisotopic (exact) mass is 165 g/mol. The summed E-state index contributed by atoms with van der Waals surface area (Å²) in [6, 6.07) is 2.13. The van der Waals surface area contributed by atoms with Crippen LogP contribution < -0.4 is 0 Å². The molecule has 0 spiro atoms. The maximum Gasteiger partial charge on any atom is 0.114 e. The lowest BCUT2D eigenvalue weighted by atomic mass is 10.1. The van der Waals surface area contributed by atoms with Crippen molar-refractivity contribution in [2.24, 2.45) is 0 Å². The molecule has 0 aromatic rings. The number of nitriles is 1. The van der Waals surface area contributed by atoms with Gasteiger partial charge in [-0.15, -0.1) is 0 Å². The van der Waals surface area contributed by atoms with Crippen molar-refractivity contribution in [1.29, 1.82) is 5.26 Å². The molecule has 0 aromatic carbocycles. The molecule has 2 nitrogen and oxygen atoms in total. The Hall–Kier alpha value is -0.810. The fourth-order valence-corrected chi connectivity index (χ4v) is 1.93. The average molecular weight is 165 g/mol. The number of likely N-dealkylation sites (tertiary alicyclic amines) is 1. The molecule has 1 aliphatic rings. The molecular formula is C10H17N2+. The summed E-state index contributed by atoms with van der Waals surface area (Å²) >= 11 is 0. The van der Waals surface area contributed by atoms with Gasteiger partial charge in [-0.1, -0.05) is 6.58 Å². The second-order valence-corrected chi connectivity index (χ2v) is 4.00. The van der Waals surface area contributed by atoms with Crippen molar-refractivity contribution in [2.45, 2.75) is 19.3 Å². The summed E-state index contributed by atoms with van der Waals surface area (Å²) < 4.78 is 1.02. The largest absolute Gasteiger partial charge is 0.322 e. The number of rotatable bonds is 2. The van der Waals surface area contributed by atoms with Crippen LogP contribution in [0.1, 0.15) is 19.3 Å². The third-order valence-electron chi connectivity index (χ3n) is 2.63. The van der Waals surface area contributed by atoms with E-state index in [2.05, 4.69) is 19.7 Å². The molecule has 1 fully saturated rings. The number of likely N-dealkylation sites (N-methyl/N-ethyl adjacent to an activating group) is 1. The van der Waals surface area contributed by atoms with Gasteiger partial charge in [0, 0.05) is 0 Å². The van der Waals surface area contributed by atoms with Crippen LogP contribution in [0, 0.1) is 11.3 Å². The highest BCUT2D eigenvalue weighted by atomic mass is 15.3. The van der Waals surface area contributed by atoms with Crippen LogP contribution >= 0.6 is 0 Å². The molecule has 0 aliphatic carbocycles. The van der Waals surface area contributed by atoms with Crippen LogP contribution in [0.25, 0.3) is 0 Å². The smallest absolute Gasteiger partial charge is 0.114 e. The van der Waals surface area contributed by atoms with Gasteiger partial charge in [-0.05, 0) is 19.3 Å². The van der Waals surface area contributed by atoms with Gasteiger partial charge in [0.1, 0.15) is 6.54 Å². The molecule has 0 N–H and O–H groups in total. The van der Waals surface area contributed by atoms with Crippen molar-refractivity contribution < 1.29 is 4.48 Å². The van der Waals surface area contributed by atoms with Crippen molar-refractivity contribution in [2.75, 3.05) is 26.7 Å². The Balaban J connectivity index is 2.48. The van der Waals surface area contributed by atoms with E-state index in [1.54, 1.807) is 0 Å². The van der Waals surface area contributed by atoms with Gasteiger partial charge in [0.05, 0.1) is 31.8 Å². The molecular weight excluding hydrogens is 148 g/mol. The van der Waals surface area contributed by atoms with Crippen molar-refractivity contribution in [3.8, 4) is 6.07 Å². The van der Waals surface area contributed by atoms with Crippen molar-refractivity contribution >= 4 is 0 Å². The second-order valence-electron chi connectivity index (χ2n) is 4.00. The topological polar surface area (TPSA) is 23.8 Å². The summed E-state index contributed by atoms with van der Waals surface area (Å²) in [5.74, 6) is 0. The minimum atomic E-state index is 0.722. The Morgan fingerprint density at radius 2 is 2.00 bits per heavy atom. The number of hydrogen-bond donors (Lipinski definition) is 0. The Morgan fingerprint density at radius 3 is 2.50 bits per heavy atom. The first-order valence-electron chi connectivity index (χ1n) is 4.58. The zero-order chi connectivity index (χ0) is 9.03. The summed E-state index contributed by atoms with van der Waals surface area (Å²) in [7, 11) is 2.22. The zero-order valence-corrected chi connectivity index (χ0v) is 7.84. The normalized spacial score (nSPS) is 21.3. The number of nitrogens with zero attached hydrogens (tertiary/aromatic N) is 2. The van der Waals surface area contributed by atoms with E-state index >= 15 is 0 Å². The summed E-state index contributed by atoms with van der Waals surface area (Å²) in [6.45, 7) is 7.00. The lowest BCUT2D eigenvalue weighted by Crippen LogP contribution is -2.48. The van der Waals surface area contributed by atoms with E-state index in [0.29, 0.717) is 0 Å². The highest BCUT2D eigenvalue weighted by Gasteiger charge is 2.24. The Labute approximate surface area is 74.7 Å². The third kappa shape index (κ3) is 2.35. The summed E-state index contributed by atoms with van der Waals surface area (Å²) in [4.78, 5) is 0. The Morgan fingerprint density at radius 1 is 1.42 bits per heavy atom. The molecule has 0 radical (unpaired) electrons. The maximum atomic E-state index is 8.62. The van der Waals surface area contributed by atoms with Crippen LogP contribution in [-0.2, 0) is 0 Å². The maximum absolute atomic E-state index is 8.62. The molecule has 0 amide bonds. The summed E-state index contributed by atoms with van der Waals surface area (Å²) in [5.41, 5.74) is 0.722. The minimum absolute atomic E-state index is 0.722. The van der Waals surface area contributed by atoms with Gasteiger partial charge in [0.15, 0.2) is 0 Å². The van der Waals surface area contributed by atoms with E-state index in [1.807, 2.05) is 0 Å². The number of piperidine rings is 1. The molecule has 0 aromatic heterocycles. The van der Waals surface area contributed by atoms with E-state index in [-0.39, 0.29) is 0 Å². The SMILES string of the molecule is C=C(C#N)C[N+]1(C)CCCCC1. The predicted octanol–water partition coefficient (Wildman–Crippen LogP) is 1.70. The molecule has 1 heterocycles. The zero-order valence-electron chi connectivity index (χ0n) is 7.84. The minimum Gasteiger partial charge on any atom is -0.322 e. The summed E-state index contributed by atoms with van der Waals surface area (Å²) in [5, 5.41) is 8.62. The van der Waals surface area contributed by atoms with Gasteiger partial charge < -0.3 is 4.48 Å². The molecule has 0 unspecified atom stereocenters. The van der Waals surface area contributed by atoms with E-state index in [0.717, 1.165) is 16.6 Å². The number of quaternary nitrogens is 1. The van der Waals surface area contributed by atoms with E-state index in [9.17, 15) is 0 Å². The number of hydrogen-bond acceptors (Lipinski definition) is 1. The molecule has 1 saturated heterocycles. The quantitative estimate of drug-likeness (QED) is 0.451. The molecule has 0 bridgehead atoms. The van der Waals surface area contributed by atoms with Gasteiger partial charge >= 0.3 is 0 Å². The van der Waals surface area contributed by atoms with Gasteiger partial charge in [-0.25, -0.2) is 0 Å². The average Bonchev–Trinajstić information content (AvgIpc) is 2.05. The Bertz CT molecular complexity index is 206. The van der Waals surface area contributed by atoms with Crippen LogP contribution in [0.4, 0.5) is 0 Å². The highest BCUT2D eigenvalue weighted by Crippen LogP contribution is 2.17. The first-order valence-corrected chi connectivity index (χ1v) is 4.58. The van der Waals surface area contributed by atoms with Gasteiger partial charge in [0.2, 0.25) is 0 Å². The standard InChI is InChI=1S/C10H17N2/c1-10(8-11)9-12(2)6-4-3-5-7-12/h1,3-7,9H2,2H3/q+1. The van der Waals surface area contributed by atoms with Crippen molar-refractivity contribution in [3.63, 3.8) is 0 Å².